The van der Waals surface area contributed by atoms with Gasteiger partial charge in [0.05, 0.1) is 12.7 Å². The van der Waals surface area contributed by atoms with Crippen LogP contribution in [0.4, 0.5) is 0 Å². The maximum atomic E-state index is 5.85. The molecular weight excluding hydrogens is 202 g/mol. The molecule has 0 radical (unpaired) electrons. The van der Waals surface area contributed by atoms with E-state index >= 15 is 0 Å². The number of hydrogen-bond donors (Lipinski definition) is 1. The second-order valence-corrected chi connectivity index (χ2v) is 4.79. The zero-order chi connectivity index (χ0) is 11.6. The largest absolute Gasteiger partial charge is 0.383 e. The van der Waals surface area contributed by atoms with Crippen LogP contribution < -0.4 is 5.32 Å². The van der Waals surface area contributed by atoms with Crippen LogP contribution in [0.15, 0.2) is 0 Å². The van der Waals surface area contributed by atoms with Crippen LogP contribution in [0.25, 0.3) is 0 Å². The first-order valence-electron chi connectivity index (χ1n) is 6.67. The molecule has 0 aromatic rings. The fourth-order valence-corrected chi connectivity index (χ4v) is 2.21. The first kappa shape index (κ1) is 13.9. The second-order valence-electron chi connectivity index (χ2n) is 4.79. The van der Waals surface area contributed by atoms with Crippen LogP contribution in [0.2, 0.25) is 0 Å². The third-order valence-corrected chi connectivity index (χ3v) is 3.14. The summed E-state index contributed by atoms with van der Waals surface area (Å²) in [6, 6.07) is 0.444. The van der Waals surface area contributed by atoms with E-state index in [0.29, 0.717) is 12.1 Å². The minimum atomic E-state index is 0.444. The van der Waals surface area contributed by atoms with Crippen molar-refractivity contribution in [2.24, 2.45) is 0 Å². The third kappa shape index (κ3) is 6.46. The summed E-state index contributed by atoms with van der Waals surface area (Å²) in [4.78, 5) is 0. The highest BCUT2D eigenvalue weighted by atomic mass is 16.5. The standard InChI is InChI=1S/C13H27NO2/c1-12(11-15-2)14-9-6-10-16-13-7-4-3-5-8-13/h12-14H,3-11H2,1-2H3. The zero-order valence-electron chi connectivity index (χ0n) is 10.8. The van der Waals surface area contributed by atoms with E-state index < -0.39 is 0 Å². The molecule has 3 heteroatoms. The molecular formula is C13H27NO2. The van der Waals surface area contributed by atoms with Gasteiger partial charge in [-0.05, 0) is 32.7 Å². The van der Waals surface area contributed by atoms with E-state index in [2.05, 4.69) is 12.2 Å². The predicted molar refractivity (Wildman–Crippen MR) is 66.8 cm³/mol. The Morgan fingerprint density at radius 3 is 2.69 bits per heavy atom. The van der Waals surface area contributed by atoms with Gasteiger partial charge in [-0.2, -0.15) is 0 Å². The minimum Gasteiger partial charge on any atom is -0.383 e. The van der Waals surface area contributed by atoms with Gasteiger partial charge in [-0.3, -0.25) is 0 Å². The molecule has 0 amide bonds. The van der Waals surface area contributed by atoms with Crippen LogP contribution in [0, 0.1) is 0 Å². The molecule has 0 heterocycles. The first-order valence-corrected chi connectivity index (χ1v) is 6.67. The van der Waals surface area contributed by atoms with E-state index in [-0.39, 0.29) is 0 Å². The molecule has 0 bridgehead atoms. The fraction of sp³-hybridized carbons (Fsp3) is 1.00. The second kappa shape index (κ2) is 8.97. The summed E-state index contributed by atoms with van der Waals surface area (Å²) in [6.45, 7) is 4.85. The Labute approximate surface area is 99.9 Å². The SMILES string of the molecule is COCC(C)NCCCOC1CCCCC1. The molecule has 1 N–H and O–H groups in total. The van der Waals surface area contributed by atoms with Crippen molar-refractivity contribution in [1.29, 1.82) is 0 Å². The highest BCUT2D eigenvalue weighted by Crippen LogP contribution is 2.20. The van der Waals surface area contributed by atoms with E-state index in [0.717, 1.165) is 26.2 Å². The van der Waals surface area contributed by atoms with Crippen molar-refractivity contribution >= 4 is 0 Å². The van der Waals surface area contributed by atoms with Crippen LogP contribution in [-0.4, -0.2) is 39.0 Å². The van der Waals surface area contributed by atoms with Gasteiger partial charge in [0, 0.05) is 19.8 Å². The third-order valence-electron chi connectivity index (χ3n) is 3.14. The van der Waals surface area contributed by atoms with Gasteiger partial charge in [-0.25, -0.2) is 0 Å². The Morgan fingerprint density at radius 1 is 1.25 bits per heavy atom. The van der Waals surface area contributed by atoms with E-state index in [9.17, 15) is 0 Å². The summed E-state index contributed by atoms with van der Waals surface area (Å²) in [5.74, 6) is 0. The molecule has 0 aromatic heterocycles. The Kier molecular flexibility index (Phi) is 7.81. The van der Waals surface area contributed by atoms with E-state index in [4.69, 9.17) is 9.47 Å². The van der Waals surface area contributed by atoms with E-state index in [1.54, 1.807) is 7.11 Å². The van der Waals surface area contributed by atoms with Crippen molar-refractivity contribution in [1.82, 2.24) is 5.32 Å². The number of nitrogens with one attached hydrogen (secondary N) is 1. The van der Waals surface area contributed by atoms with Gasteiger partial charge in [0.25, 0.3) is 0 Å². The van der Waals surface area contributed by atoms with Gasteiger partial charge in [0.15, 0.2) is 0 Å². The van der Waals surface area contributed by atoms with Crippen molar-refractivity contribution in [3.63, 3.8) is 0 Å². The van der Waals surface area contributed by atoms with Gasteiger partial charge in [-0.1, -0.05) is 19.3 Å². The quantitative estimate of drug-likeness (QED) is 0.648. The lowest BCUT2D eigenvalue weighted by atomic mass is 9.98. The molecule has 0 saturated heterocycles. The van der Waals surface area contributed by atoms with Gasteiger partial charge >= 0.3 is 0 Å². The van der Waals surface area contributed by atoms with Gasteiger partial charge < -0.3 is 14.8 Å². The summed E-state index contributed by atoms with van der Waals surface area (Å²) >= 11 is 0. The molecule has 1 aliphatic rings. The molecule has 1 unspecified atom stereocenters. The van der Waals surface area contributed by atoms with Crippen molar-refractivity contribution in [2.75, 3.05) is 26.9 Å². The minimum absolute atomic E-state index is 0.444. The number of hydrogen-bond acceptors (Lipinski definition) is 3. The summed E-state index contributed by atoms with van der Waals surface area (Å²) in [6.07, 6.45) is 8.30. The van der Waals surface area contributed by atoms with Crippen molar-refractivity contribution in [3.8, 4) is 0 Å². The molecule has 0 aliphatic heterocycles. The summed E-state index contributed by atoms with van der Waals surface area (Å²) in [7, 11) is 1.74. The fourth-order valence-electron chi connectivity index (χ4n) is 2.21. The normalized spacial score (nSPS) is 19.9. The maximum absolute atomic E-state index is 5.85. The average Bonchev–Trinajstić information content (AvgIpc) is 2.30. The Morgan fingerprint density at radius 2 is 2.00 bits per heavy atom. The smallest absolute Gasteiger partial charge is 0.0613 e. The van der Waals surface area contributed by atoms with Gasteiger partial charge in [0.1, 0.15) is 0 Å². The highest BCUT2D eigenvalue weighted by Gasteiger charge is 2.12. The van der Waals surface area contributed by atoms with E-state index in [1.807, 2.05) is 0 Å². The maximum Gasteiger partial charge on any atom is 0.0613 e. The molecule has 1 saturated carbocycles. The first-order chi connectivity index (χ1) is 7.83. The summed E-state index contributed by atoms with van der Waals surface area (Å²) in [5, 5.41) is 3.42. The van der Waals surface area contributed by atoms with Crippen LogP contribution >= 0.6 is 0 Å². The molecule has 1 fully saturated rings. The van der Waals surface area contributed by atoms with Crippen molar-refractivity contribution in [3.05, 3.63) is 0 Å². The van der Waals surface area contributed by atoms with Crippen LogP contribution in [0.3, 0.4) is 0 Å². The monoisotopic (exact) mass is 229 g/mol. The molecule has 0 spiro atoms. The summed E-state index contributed by atoms with van der Waals surface area (Å²) in [5.41, 5.74) is 0. The molecule has 1 rings (SSSR count). The lowest BCUT2D eigenvalue weighted by molar-refractivity contribution is 0.0268. The Bertz CT molecular complexity index is 158. The van der Waals surface area contributed by atoms with Crippen molar-refractivity contribution in [2.45, 2.75) is 57.6 Å². The van der Waals surface area contributed by atoms with Crippen LogP contribution in [-0.2, 0) is 9.47 Å². The lowest BCUT2D eigenvalue weighted by Gasteiger charge is -2.22. The Hall–Kier alpha value is -0.120. The molecule has 16 heavy (non-hydrogen) atoms. The van der Waals surface area contributed by atoms with Crippen molar-refractivity contribution < 1.29 is 9.47 Å². The van der Waals surface area contributed by atoms with Crippen LogP contribution in [0.5, 0.6) is 0 Å². The number of rotatable bonds is 8. The summed E-state index contributed by atoms with van der Waals surface area (Å²) < 4.78 is 10.9. The van der Waals surface area contributed by atoms with Gasteiger partial charge in [-0.15, -0.1) is 0 Å². The average molecular weight is 229 g/mol. The molecule has 1 atom stereocenters. The number of ether oxygens (including phenoxy) is 2. The molecule has 1 aliphatic carbocycles. The molecule has 96 valence electrons. The topological polar surface area (TPSA) is 30.5 Å². The Balaban J connectivity index is 1.87. The van der Waals surface area contributed by atoms with Gasteiger partial charge in [0.2, 0.25) is 0 Å². The lowest BCUT2D eigenvalue weighted by Crippen LogP contribution is -2.31. The molecule has 3 nitrogen and oxygen atoms in total. The number of methoxy groups -OCH3 is 1. The predicted octanol–water partition coefficient (Wildman–Crippen LogP) is 2.35. The zero-order valence-corrected chi connectivity index (χ0v) is 10.8. The van der Waals surface area contributed by atoms with E-state index in [1.165, 1.54) is 32.1 Å². The highest BCUT2D eigenvalue weighted by molar-refractivity contribution is 4.65. The van der Waals surface area contributed by atoms with Crippen LogP contribution in [0.1, 0.15) is 45.4 Å². The molecule has 0 aromatic carbocycles.